The zero-order valence-corrected chi connectivity index (χ0v) is 20.5. The number of nitrogens with one attached hydrogen (secondary N) is 1. The Morgan fingerprint density at radius 3 is 2.79 bits per heavy atom. The van der Waals surface area contributed by atoms with Crippen LogP contribution in [0.3, 0.4) is 0 Å². The SMILES string of the molecule is CN=C(NCCOc1cccc(C(C)(C)C)c1)N1CCC(c2cnn(C)c2)C1.I. The van der Waals surface area contributed by atoms with Gasteiger partial charge in [0.05, 0.1) is 12.7 Å². The number of ether oxygens (including phenoxy) is 1. The van der Waals surface area contributed by atoms with Gasteiger partial charge in [-0.25, -0.2) is 0 Å². The van der Waals surface area contributed by atoms with Gasteiger partial charge in [-0.3, -0.25) is 9.67 Å². The van der Waals surface area contributed by atoms with Gasteiger partial charge in [-0.2, -0.15) is 5.10 Å². The average molecular weight is 511 g/mol. The van der Waals surface area contributed by atoms with Gasteiger partial charge in [-0.1, -0.05) is 32.9 Å². The number of guanidine groups is 1. The first-order valence-electron chi connectivity index (χ1n) is 10.0. The van der Waals surface area contributed by atoms with Crippen LogP contribution in [0.1, 0.15) is 44.2 Å². The summed E-state index contributed by atoms with van der Waals surface area (Å²) < 4.78 is 7.82. The number of rotatable bonds is 5. The maximum atomic E-state index is 5.95. The number of likely N-dealkylation sites (tertiary alicyclic amines) is 1. The Balaban J connectivity index is 0.00000300. The normalized spacial score (nSPS) is 17.2. The molecule has 1 atom stereocenters. The third-order valence-corrected chi connectivity index (χ3v) is 5.25. The predicted octanol–water partition coefficient (Wildman–Crippen LogP) is 3.78. The van der Waals surface area contributed by atoms with Crippen molar-refractivity contribution in [1.29, 1.82) is 0 Å². The largest absolute Gasteiger partial charge is 0.492 e. The summed E-state index contributed by atoms with van der Waals surface area (Å²) >= 11 is 0. The van der Waals surface area contributed by atoms with Crippen LogP contribution in [-0.2, 0) is 12.5 Å². The van der Waals surface area contributed by atoms with E-state index in [0.717, 1.165) is 37.8 Å². The van der Waals surface area contributed by atoms with Crippen LogP contribution >= 0.6 is 24.0 Å². The summed E-state index contributed by atoms with van der Waals surface area (Å²) in [6.45, 7) is 9.95. The van der Waals surface area contributed by atoms with Crippen LogP contribution in [0.5, 0.6) is 5.75 Å². The molecular formula is C22H34IN5O. The van der Waals surface area contributed by atoms with Gasteiger partial charge in [0.25, 0.3) is 0 Å². The number of aryl methyl sites for hydroxylation is 1. The third-order valence-electron chi connectivity index (χ3n) is 5.25. The van der Waals surface area contributed by atoms with Gasteiger partial charge < -0.3 is 15.0 Å². The molecule has 2 heterocycles. The van der Waals surface area contributed by atoms with E-state index >= 15 is 0 Å². The molecule has 0 spiro atoms. The molecule has 7 heteroatoms. The maximum Gasteiger partial charge on any atom is 0.193 e. The van der Waals surface area contributed by atoms with Crippen molar-refractivity contribution in [1.82, 2.24) is 20.0 Å². The number of aliphatic imine (C=N–C) groups is 1. The second kappa shape index (κ2) is 10.3. The summed E-state index contributed by atoms with van der Waals surface area (Å²) in [6.07, 6.45) is 5.22. The van der Waals surface area contributed by atoms with Gasteiger partial charge in [-0.05, 0) is 35.1 Å². The van der Waals surface area contributed by atoms with Gasteiger partial charge in [-0.15, -0.1) is 24.0 Å². The second-order valence-electron chi connectivity index (χ2n) is 8.48. The molecule has 1 aromatic carbocycles. The number of benzene rings is 1. The Bertz CT molecular complexity index is 812. The van der Waals surface area contributed by atoms with Crippen molar-refractivity contribution in [3.8, 4) is 5.75 Å². The van der Waals surface area contributed by atoms with E-state index in [-0.39, 0.29) is 29.4 Å². The summed E-state index contributed by atoms with van der Waals surface area (Å²) in [5, 5.41) is 7.73. The molecule has 1 saturated heterocycles. The molecule has 0 aliphatic carbocycles. The fourth-order valence-corrected chi connectivity index (χ4v) is 3.59. The van der Waals surface area contributed by atoms with E-state index < -0.39 is 0 Å². The van der Waals surface area contributed by atoms with E-state index in [9.17, 15) is 0 Å². The third kappa shape index (κ3) is 6.35. The molecule has 29 heavy (non-hydrogen) atoms. The summed E-state index contributed by atoms with van der Waals surface area (Å²) in [4.78, 5) is 6.77. The van der Waals surface area contributed by atoms with E-state index in [1.54, 1.807) is 0 Å². The lowest BCUT2D eigenvalue weighted by Gasteiger charge is -2.22. The fourth-order valence-electron chi connectivity index (χ4n) is 3.59. The molecule has 1 unspecified atom stereocenters. The summed E-state index contributed by atoms with van der Waals surface area (Å²) in [5.74, 6) is 2.38. The van der Waals surface area contributed by atoms with E-state index in [1.165, 1.54) is 11.1 Å². The second-order valence-corrected chi connectivity index (χ2v) is 8.48. The van der Waals surface area contributed by atoms with Gasteiger partial charge in [0.15, 0.2) is 5.96 Å². The first-order chi connectivity index (χ1) is 13.4. The highest BCUT2D eigenvalue weighted by Crippen LogP contribution is 2.27. The summed E-state index contributed by atoms with van der Waals surface area (Å²) in [7, 11) is 3.81. The topological polar surface area (TPSA) is 54.7 Å². The number of hydrogen-bond donors (Lipinski definition) is 1. The van der Waals surface area contributed by atoms with Crippen molar-refractivity contribution >= 4 is 29.9 Å². The molecule has 1 fully saturated rings. The Hall–Kier alpha value is -1.77. The van der Waals surface area contributed by atoms with Gasteiger partial charge >= 0.3 is 0 Å². The molecule has 1 aliphatic rings. The number of halogens is 1. The Morgan fingerprint density at radius 1 is 1.34 bits per heavy atom. The molecule has 0 bridgehead atoms. The first kappa shape index (κ1) is 23.5. The molecule has 2 aromatic rings. The van der Waals surface area contributed by atoms with Crippen LogP contribution in [0.4, 0.5) is 0 Å². The van der Waals surface area contributed by atoms with E-state index in [2.05, 4.69) is 65.5 Å². The molecule has 1 N–H and O–H groups in total. The highest BCUT2D eigenvalue weighted by atomic mass is 127. The molecular weight excluding hydrogens is 477 g/mol. The van der Waals surface area contributed by atoms with Crippen LogP contribution in [-0.4, -0.2) is 53.9 Å². The van der Waals surface area contributed by atoms with Gasteiger partial charge in [0, 0.05) is 39.3 Å². The van der Waals surface area contributed by atoms with Gasteiger partial charge in [0.2, 0.25) is 0 Å². The van der Waals surface area contributed by atoms with Crippen molar-refractivity contribution < 1.29 is 4.74 Å². The van der Waals surface area contributed by atoms with Crippen molar-refractivity contribution in [3.05, 3.63) is 47.8 Å². The van der Waals surface area contributed by atoms with Crippen molar-refractivity contribution in [2.45, 2.75) is 38.5 Å². The lowest BCUT2D eigenvalue weighted by atomic mass is 9.87. The number of nitrogens with zero attached hydrogens (tertiary/aromatic N) is 4. The molecule has 1 aliphatic heterocycles. The molecule has 6 nitrogen and oxygen atoms in total. The van der Waals surface area contributed by atoms with Crippen LogP contribution in [0, 0.1) is 0 Å². The van der Waals surface area contributed by atoms with Crippen LogP contribution < -0.4 is 10.1 Å². The Labute approximate surface area is 191 Å². The minimum atomic E-state index is 0. The Morgan fingerprint density at radius 2 is 2.14 bits per heavy atom. The van der Waals surface area contributed by atoms with E-state index in [4.69, 9.17) is 4.74 Å². The minimum absolute atomic E-state index is 0. The van der Waals surface area contributed by atoms with Crippen LogP contribution in [0.2, 0.25) is 0 Å². The molecule has 0 radical (unpaired) electrons. The lowest BCUT2D eigenvalue weighted by molar-refractivity contribution is 0.318. The van der Waals surface area contributed by atoms with E-state index in [0.29, 0.717) is 12.5 Å². The van der Waals surface area contributed by atoms with Crippen LogP contribution in [0.15, 0.2) is 41.7 Å². The monoisotopic (exact) mass is 511 g/mol. The lowest BCUT2D eigenvalue weighted by Crippen LogP contribution is -2.41. The van der Waals surface area contributed by atoms with Gasteiger partial charge in [0.1, 0.15) is 12.4 Å². The van der Waals surface area contributed by atoms with E-state index in [1.807, 2.05) is 31.0 Å². The van der Waals surface area contributed by atoms with Crippen molar-refractivity contribution in [3.63, 3.8) is 0 Å². The quantitative estimate of drug-likeness (QED) is 0.288. The van der Waals surface area contributed by atoms with Crippen molar-refractivity contribution in [2.75, 3.05) is 33.3 Å². The zero-order valence-electron chi connectivity index (χ0n) is 18.2. The van der Waals surface area contributed by atoms with Crippen molar-refractivity contribution in [2.24, 2.45) is 12.0 Å². The molecule has 0 amide bonds. The summed E-state index contributed by atoms with van der Waals surface area (Å²) in [6, 6.07) is 8.36. The highest BCUT2D eigenvalue weighted by Gasteiger charge is 2.26. The average Bonchev–Trinajstić information content (AvgIpc) is 3.30. The fraction of sp³-hybridized carbons (Fsp3) is 0.545. The first-order valence-corrected chi connectivity index (χ1v) is 10.0. The zero-order chi connectivity index (χ0) is 20.1. The number of aromatic nitrogens is 2. The molecule has 3 rings (SSSR count). The molecule has 1 aromatic heterocycles. The minimum Gasteiger partial charge on any atom is -0.492 e. The standard InChI is InChI=1S/C22H33N5O.HI/c1-22(2,3)19-7-6-8-20(13-19)28-12-10-24-21(23-4)27-11-9-17(16-27)18-14-25-26(5)15-18;/h6-8,13-15,17H,9-12,16H2,1-5H3,(H,23,24);1H. The smallest absolute Gasteiger partial charge is 0.193 e. The summed E-state index contributed by atoms with van der Waals surface area (Å²) in [5.41, 5.74) is 2.72. The number of hydrogen-bond acceptors (Lipinski definition) is 3. The molecule has 160 valence electrons. The van der Waals surface area contributed by atoms with Crippen LogP contribution in [0.25, 0.3) is 0 Å². The molecule has 0 saturated carbocycles. The maximum absolute atomic E-state index is 5.95. The highest BCUT2D eigenvalue weighted by molar-refractivity contribution is 14.0. The Kier molecular flexibility index (Phi) is 8.36. The predicted molar refractivity (Wildman–Crippen MR) is 130 cm³/mol.